The van der Waals surface area contributed by atoms with Crippen LogP contribution < -0.4 is 9.47 Å². The first kappa shape index (κ1) is 21.3. The second kappa shape index (κ2) is 8.97. The van der Waals surface area contributed by atoms with Crippen LogP contribution in [0.4, 0.5) is 0 Å². The molecule has 6 nitrogen and oxygen atoms in total. The molecule has 3 rings (SSSR count). The summed E-state index contributed by atoms with van der Waals surface area (Å²) in [6.07, 6.45) is 0.889. The summed E-state index contributed by atoms with van der Waals surface area (Å²) < 4.78 is 38.2. The molecule has 0 bridgehead atoms. The van der Waals surface area contributed by atoms with Crippen molar-refractivity contribution in [3.63, 3.8) is 0 Å². The van der Waals surface area contributed by atoms with E-state index in [1.165, 1.54) is 4.31 Å². The lowest BCUT2D eigenvalue weighted by molar-refractivity contribution is -0.140. The fraction of sp³-hybridized carbons (Fsp3) is 0.409. The Labute approximate surface area is 172 Å². The van der Waals surface area contributed by atoms with Crippen LogP contribution >= 0.6 is 0 Å². The summed E-state index contributed by atoms with van der Waals surface area (Å²) in [6, 6.07) is 12.2. The molecule has 1 fully saturated rings. The summed E-state index contributed by atoms with van der Waals surface area (Å²) in [6.45, 7) is 6.80. The van der Waals surface area contributed by atoms with Crippen molar-refractivity contribution in [2.45, 2.75) is 38.5 Å². The molecular weight excluding hydrogens is 390 g/mol. The lowest BCUT2D eigenvalue weighted by atomic mass is 9.98. The van der Waals surface area contributed by atoms with Crippen molar-refractivity contribution >= 4 is 16.0 Å². The number of hydrogen-bond donors (Lipinski definition) is 0. The molecule has 29 heavy (non-hydrogen) atoms. The van der Waals surface area contributed by atoms with Crippen molar-refractivity contribution in [1.29, 1.82) is 0 Å². The Morgan fingerprint density at radius 3 is 2.17 bits per heavy atom. The first-order valence-corrected chi connectivity index (χ1v) is 11.3. The van der Waals surface area contributed by atoms with E-state index < -0.39 is 10.0 Å². The zero-order valence-corrected chi connectivity index (χ0v) is 17.9. The van der Waals surface area contributed by atoms with Crippen LogP contribution in [-0.2, 0) is 14.8 Å². The van der Waals surface area contributed by atoms with Gasteiger partial charge in [0, 0.05) is 13.1 Å². The first-order valence-electron chi connectivity index (χ1n) is 9.84. The number of nitrogens with zero attached hydrogens (tertiary/aromatic N) is 1. The summed E-state index contributed by atoms with van der Waals surface area (Å²) >= 11 is 0. The molecule has 0 amide bonds. The van der Waals surface area contributed by atoms with E-state index in [0.717, 1.165) is 11.1 Å². The van der Waals surface area contributed by atoms with E-state index in [1.807, 2.05) is 39.0 Å². The van der Waals surface area contributed by atoms with E-state index in [9.17, 15) is 13.2 Å². The number of ether oxygens (including phenoxy) is 2. The highest BCUT2D eigenvalue weighted by molar-refractivity contribution is 7.89. The third-order valence-electron chi connectivity index (χ3n) is 5.17. The summed E-state index contributed by atoms with van der Waals surface area (Å²) in [5.74, 6) is 0.641. The number of esters is 1. The van der Waals surface area contributed by atoms with Gasteiger partial charge in [0.2, 0.25) is 10.0 Å². The molecule has 1 aliphatic rings. The van der Waals surface area contributed by atoms with Gasteiger partial charge in [0.1, 0.15) is 11.5 Å². The van der Waals surface area contributed by atoms with Crippen molar-refractivity contribution < 1.29 is 22.7 Å². The number of benzene rings is 2. The highest BCUT2D eigenvalue weighted by Gasteiger charge is 2.33. The van der Waals surface area contributed by atoms with Crippen LogP contribution in [0, 0.1) is 19.8 Å². The average Bonchev–Trinajstić information content (AvgIpc) is 2.71. The molecule has 0 atom stereocenters. The quantitative estimate of drug-likeness (QED) is 0.529. The van der Waals surface area contributed by atoms with Crippen LogP contribution in [0.15, 0.2) is 47.4 Å². The molecule has 0 saturated carbocycles. The van der Waals surface area contributed by atoms with Crippen LogP contribution in [0.2, 0.25) is 0 Å². The van der Waals surface area contributed by atoms with Gasteiger partial charge in [-0.1, -0.05) is 18.2 Å². The Bertz CT molecular complexity index is 941. The van der Waals surface area contributed by atoms with Crippen molar-refractivity contribution in [1.82, 2.24) is 4.31 Å². The highest BCUT2D eigenvalue weighted by atomic mass is 32.2. The smallest absolute Gasteiger partial charge is 0.314 e. The van der Waals surface area contributed by atoms with Crippen LogP contribution in [-0.4, -0.2) is 38.4 Å². The predicted molar refractivity (Wildman–Crippen MR) is 111 cm³/mol. The average molecular weight is 418 g/mol. The Morgan fingerprint density at radius 2 is 1.62 bits per heavy atom. The van der Waals surface area contributed by atoms with Crippen LogP contribution in [0.5, 0.6) is 11.5 Å². The van der Waals surface area contributed by atoms with Crippen LogP contribution in [0.3, 0.4) is 0 Å². The van der Waals surface area contributed by atoms with Gasteiger partial charge in [-0.05, 0) is 69.0 Å². The van der Waals surface area contributed by atoms with Gasteiger partial charge in [-0.2, -0.15) is 4.31 Å². The lowest BCUT2D eigenvalue weighted by Gasteiger charge is -2.30. The monoisotopic (exact) mass is 417 g/mol. The zero-order chi connectivity index (χ0) is 21.0. The van der Waals surface area contributed by atoms with E-state index in [-0.39, 0.29) is 16.8 Å². The standard InChI is InChI=1S/C22H27NO5S/c1-4-27-19-8-10-20(11-9-19)29(25,26)23-14-12-18(13-15-23)22(24)28-21-16(2)6-5-7-17(21)3/h5-11,18H,4,12-15H2,1-3H3. The number of sulfonamides is 1. The van der Waals surface area contributed by atoms with Gasteiger partial charge < -0.3 is 9.47 Å². The summed E-state index contributed by atoms with van der Waals surface area (Å²) in [5.41, 5.74) is 1.82. The molecule has 1 aliphatic heterocycles. The molecule has 1 saturated heterocycles. The fourth-order valence-corrected chi connectivity index (χ4v) is 4.97. The lowest BCUT2D eigenvalue weighted by Crippen LogP contribution is -2.41. The zero-order valence-electron chi connectivity index (χ0n) is 17.1. The molecule has 0 aliphatic carbocycles. The molecular formula is C22H27NO5S. The second-order valence-electron chi connectivity index (χ2n) is 7.22. The highest BCUT2D eigenvalue weighted by Crippen LogP contribution is 2.28. The Hall–Kier alpha value is -2.38. The molecule has 2 aromatic carbocycles. The maximum atomic E-state index is 12.9. The van der Waals surface area contributed by atoms with E-state index in [1.54, 1.807) is 24.3 Å². The minimum atomic E-state index is -3.59. The van der Waals surface area contributed by atoms with Crippen molar-refractivity contribution in [3.05, 3.63) is 53.6 Å². The van der Waals surface area contributed by atoms with Gasteiger partial charge in [-0.3, -0.25) is 4.79 Å². The number of piperidine rings is 1. The van der Waals surface area contributed by atoms with Gasteiger partial charge in [-0.25, -0.2) is 8.42 Å². The summed E-state index contributed by atoms with van der Waals surface area (Å²) in [4.78, 5) is 12.8. The van der Waals surface area contributed by atoms with Crippen molar-refractivity contribution in [2.75, 3.05) is 19.7 Å². The number of rotatable bonds is 6. The van der Waals surface area contributed by atoms with Crippen LogP contribution in [0.1, 0.15) is 30.9 Å². The Balaban J connectivity index is 1.62. The number of carbonyl (C=O) groups is 1. The molecule has 0 aromatic heterocycles. The van der Waals surface area contributed by atoms with Crippen molar-refractivity contribution in [2.24, 2.45) is 5.92 Å². The first-order chi connectivity index (χ1) is 13.8. The predicted octanol–water partition coefficient (Wildman–Crippen LogP) is 3.71. The topological polar surface area (TPSA) is 72.9 Å². The summed E-state index contributed by atoms with van der Waals surface area (Å²) in [5, 5.41) is 0. The van der Waals surface area contributed by atoms with Gasteiger partial charge >= 0.3 is 5.97 Å². The van der Waals surface area contributed by atoms with Gasteiger partial charge in [0.05, 0.1) is 17.4 Å². The van der Waals surface area contributed by atoms with Gasteiger partial charge in [0.25, 0.3) is 0 Å². The molecule has 0 unspecified atom stereocenters. The maximum absolute atomic E-state index is 12.9. The van der Waals surface area contributed by atoms with Gasteiger partial charge in [-0.15, -0.1) is 0 Å². The SMILES string of the molecule is CCOc1ccc(S(=O)(=O)N2CCC(C(=O)Oc3c(C)cccc3C)CC2)cc1. The van der Waals surface area contributed by atoms with E-state index >= 15 is 0 Å². The number of hydrogen-bond acceptors (Lipinski definition) is 5. The number of para-hydroxylation sites is 1. The fourth-order valence-electron chi connectivity index (χ4n) is 3.50. The summed E-state index contributed by atoms with van der Waals surface area (Å²) in [7, 11) is -3.59. The minimum absolute atomic E-state index is 0.234. The van der Waals surface area contributed by atoms with E-state index in [4.69, 9.17) is 9.47 Å². The molecule has 0 N–H and O–H groups in total. The third-order valence-corrected chi connectivity index (χ3v) is 7.08. The van der Waals surface area contributed by atoms with E-state index in [2.05, 4.69) is 0 Å². The Kier molecular flexibility index (Phi) is 6.59. The minimum Gasteiger partial charge on any atom is -0.494 e. The number of aryl methyl sites for hydroxylation is 2. The van der Waals surface area contributed by atoms with Gasteiger partial charge in [0.15, 0.2) is 0 Å². The largest absolute Gasteiger partial charge is 0.494 e. The van der Waals surface area contributed by atoms with E-state index in [0.29, 0.717) is 44.0 Å². The molecule has 2 aromatic rings. The van der Waals surface area contributed by atoms with Crippen molar-refractivity contribution in [3.8, 4) is 11.5 Å². The maximum Gasteiger partial charge on any atom is 0.314 e. The second-order valence-corrected chi connectivity index (χ2v) is 9.16. The number of carbonyl (C=O) groups excluding carboxylic acids is 1. The molecule has 0 radical (unpaired) electrons. The normalized spacial score (nSPS) is 15.8. The molecule has 156 valence electrons. The van der Waals surface area contributed by atoms with Crippen LogP contribution in [0.25, 0.3) is 0 Å². The molecule has 7 heteroatoms. The molecule has 0 spiro atoms. The third kappa shape index (κ3) is 4.79. The Morgan fingerprint density at radius 1 is 1.03 bits per heavy atom. The molecule has 1 heterocycles.